The van der Waals surface area contributed by atoms with Crippen molar-refractivity contribution in [1.29, 1.82) is 0 Å². The molecule has 4 nitrogen and oxygen atoms in total. The first-order valence-electron chi connectivity index (χ1n) is 2.84. The van der Waals surface area contributed by atoms with Crippen molar-refractivity contribution in [2.75, 3.05) is 20.1 Å². The summed E-state index contributed by atoms with van der Waals surface area (Å²) in [5.74, 6) is 0. The van der Waals surface area contributed by atoms with E-state index in [1.165, 1.54) is 6.42 Å². The van der Waals surface area contributed by atoms with Gasteiger partial charge in [0.25, 0.3) is 0 Å². The van der Waals surface area contributed by atoms with Crippen LogP contribution in [0, 0.1) is 0 Å². The molecule has 1 fully saturated rings. The van der Waals surface area contributed by atoms with Crippen LogP contribution in [0.3, 0.4) is 0 Å². The van der Waals surface area contributed by atoms with Crippen LogP contribution in [0.4, 0.5) is 0 Å². The van der Waals surface area contributed by atoms with E-state index in [-0.39, 0.29) is 0 Å². The van der Waals surface area contributed by atoms with Crippen molar-refractivity contribution in [2.24, 2.45) is 0 Å². The largest absolute Gasteiger partial charge is 0.243 e. The van der Waals surface area contributed by atoms with E-state index < -0.39 is 0 Å². The average molecular weight is 116 g/mol. The highest BCUT2D eigenvalue weighted by Crippen LogP contribution is 1.81. The fourth-order valence-electron chi connectivity index (χ4n) is 0.658. The molecule has 0 spiro atoms. The van der Waals surface area contributed by atoms with Crippen molar-refractivity contribution >= 4 is 0 Å². The number of hydrogen-bond acceptors (Lipinski definition) is 4. The highest BCUT2D eigenvalue weighted by atomic mass is 15.8. The standard InChI is InChI=1S/C4H12N4/c1-8-4-2-3-5-6-7-8/h5-7H,2-4H2,1H3. The van der Waals surface area contributed by atoms with Crippen LogP contribution < -0.4 is 16.5 Å². The first kappa shape index (κ1) is 5.97. The van der Waals surface area contributed by atoms with Crippen molar-refractivity contribution in [2.45, 2.75) is 6.42 Å². The van der Waals surface area contributed by atoms with E-state index in [2.05, 4.69) is 16.5 Å². The van der Waals surface area contributed by atoms with Crippen LogP contribution in [-0.4, -0.2) is 25.1 Å². The molecule has 3 N–H and O–H groups in total. The van der Waals surface area contributed by atoms with E-state index in [4.69, 9.17) is 0 Å². The Morgan fingerprint density at radius 1 is 1.50 bits per heavy atom. The minimum atomic E-state index is 1.03. The summed E-state index contributed by atoms with van der Waals surface area (Å²) in [6.07, 6.45) is 1.18. The zero-order valence-electron chi connectivity index (χ0n) is 5.07. The molecule has 1 aliphatic heterocycles. The number of nitrogens with zero attached hydrogens (tertiary/aromatic N) is 1. The highest BCUT2D eigenvalue weighted by molar-refractivity contribution is 4.48. The van der Waals surface area contributed by atoms with Gasteiger partial charge in [-0.3, -0.25) is 0 Å². The molecule has 8 heavy (non-hydrogen) atoms. The van der Waals surface area contributed by atoms with Gasteiger partial charge in [0.05, 0.1) is 0 Å². The third-order valence-corrected chi connectivity index (χ3v) is 1.13. The molecular weight excluding hydrogens is 104 g/mol. The number of hydrazine groups is 3. The molecule has 0 aromatic heterocycles. The molecule has 0 radical (unpaired) electrons. The van der Waals surface area contributed by atoms with E-state index in [1.54, 1.807) is 0 Å². The quantitative estimate of drug-likeness (QED) is 0.373. The lowest BCUT2D eigenvalue weighted by molar-refractivity contribution is 0.200. The summed E-state index contributed by atoms with van der Waals surface area (Å²) in [6.45, 7) is 2.11. The summed E-state index contributed by atoms with van der Waals surface area (Å²) in [5.41, 5.74) is 8.71. The van der Waals surface area contributed by atoms with Gasteiger partial charge in [-0.05, 0) is 6.42 Å². The average Bonchev–Trinajstić information content (AvgIpc) is 1.94. The van der Waals surface area contributed by atoms with Crippen molar-refractivity contribution in [1.82, 2.24) is 21.5 Å². The maximum absolute atomic E-state index is 2.97. The van der Waals surface area contributed by atoms with Gasteiger partial charge in [-0.25, -0.2) is 10.4 Å². The maximum atomic E-state index is 2.97. The Bertz CT molecular complexity index is 57.1. The monoisotopic (exact) mass is 116 g/mol. The Morgan fingerprint density at radius 3 is 3.25 bits per heavy atom. The summed E-state index contributed by atoms with van der Waals surface area (Å²) >= 11 is 0. The lowest BCUT2D eigenvalue weighted by Crippen LogP contribution is -2.48. The van der Waals surface area contributed by atoms with Crippen LogP contribution in [0.1, 0.15) is 6.42 Å². The third kappa shape index (κ3) is 1.75. The normalized spacial score (nSPS) is 25.1. The lowest BCUT2D eigenvalue weighted by atomic mass is 10.4. The van der Waals surface area contributed by atoms with Crippen LogP contribution in [-0.2, 0) is 0 Å². The van der Waals surface area contributed by atoms with Crippen LogP contribution in [0.25, 0.3) is 0 Å². The predicted molar refractivity (Wildman–Crippen MR) is 31.5 cm³/mol. The topological polar surface area (TPSA) is 39.3 Å². The molecule has 1 heterocycles. The van der Waals surface area contributed by atoms with Gasteiger partial charge in [-0.2, -0.15) is 11.1 Å². The smallest absolute Gasteiger partial charge is 0.0154 e. The molecule has 1 saturated heterocycles. The molecule has 0 bridgehead atoms. The first-order valence-corrected chi connectivity index (χ1v) is 2.84. The Morgan fingerprint density at radius 2 is 2.38 bits per heavy atom. The van der Waals surface area contributed by atoms with Crippen LogP contribution in [0.2, 0.25) is 0 Å². The summed E-state index contributed by atoms with van der Waals surface area (Å²) in [7, 11) is 2.00. The highest BCUT2D eigenvalue weighted by Gasteiger charge is 1.98. The summed E-state index contributed by atoms with van der Waals surface area (Å²) < 4.78 is 0. The Kier molecular flexibility index (Phi) is 2.23. The summed E-state index contributed by atoms with van der Waals surface area (Å²) in [4.78, 5) is 0. The summed E-state index contributed by atoms with van der Waals surface area (Å²) in [6, 6.07) is 0. The van der Waals surface area contributed by atoms with Crippen molar-refractivity contribution < 1.29 is 0 Å². The molecule has 0 atom stereocenters. The molecule has 0 amide bonds. The molecule has 0 aliphatic carbocycles. The van der Waals surface area contributed by atoms with Crippen LogP contribution >= 0.6 is 0 Å². The van der Waals surface area contributed by atoms with Gasteiger partial charge in [0.15, 0.2) is 0 Å². The molecule has 4 heteroatoms. The number of nitrogens with one attached hydrogen (secondary N) is 3. The summed E-state index contributed by atoms with van der Waals surface area (Å²) in [5, 5.41) is 2.00. The second-order valence-corrected chi connectivity index (χ2v) is 1.94. The van der Waals surface area contributed by atoms with Gasteiger partial charge < -0.3 is 0 Å². The van der Waals surface area contributed by atoms with Crippen LogP contribution in [0.15, 0.2) is 0 Å². The predicted octanol–water partition coefficient (Wildman–Crippen LogP) is -1.16. The second kappa shape index (κ2) is 2.99. The van der Waals surface area contributed by atoms with E-state index >= 15 is 0 Å². The van der Waals surface area contributed by atoms with Crippen molar-refractivity contribution in [3.63, 3.8) is 0 Å². The van der Waals surface area contributed by atoms with E-state index in [0.717, 1.165) is 13.1 Å². The van der Waals surface area contributed by atoms with Gasteiger partial charge in [0.1, 0.15) is 0 Å². The molecule has 0 unspecified atom stereocenters. The van der Waals surface area contributed by atoms with E-state index in [9.17, 15) is 0 Å². The molecule has 0 aromatic rings. The lowest BCUT2D eigenvalue weighted by Gasteiger charge is -2.12. The molecule has 0 aromatic carbocycles. The minimum Gasteiger partial charge on any atom is -0.243 e. The fourth-order valence-corrected chi connectivity index (χ4v) is 0.658. The van der Waals surface area contributed by atoms with Gasteiger partial charge in [0, 0.05) is 20.1 Å². The number of rotatable bonds is 0. The van der Waals surface area contributed by atoms with E-state index in [1.807, 2.05) is 12.1 Å². The van der Waals surface area contributed by atoms with Gasteiger partial charge >= 0.3 is 0 Å². The van der Waals surface area contributed by atoms with Crippen LogP contribution in [0.5, 0.6) is 0 Å². The van der Waals surface area contributed by atoms with Crippen molar-refractivity contribution in [3.05, 3.63) is 0 Å². The zero-order chi connectivity index (χ0) is 5.82. The Balaban J connectivity index is 2.17. The first-order chi connectivity index (χ1) is 3.89. The molecule has 0 saturated carbocycles. The SMILES string of the molecule is CN1CCCNNN1. The van der Waals surface area contributed by atoms with Gasteiger partial charge in [-0.15, -0.1) is 0 Å². The Hall–Kier alpha value is -0.160. The van der Waals surface area contributed by atoms with Crippen molar-refractivity contribution in [3.8, 4) is 0 Å². The second-order valence-electron chi connectivity index (χ2n) is 1.94. The number of hydrogen-bond donors (Lipinski definition) is 3. The fraction of sp³-hybridized carbons (Fsp3) is 1.00. The van der Waals surface area contributed by atoms with Gasteiger partial charge in [-0.1, -0.05) is 0 Å². The Labute approximate surface area is 49.1 Å². The maximum Gasteiger partial charge on any atom is 0.0154 e. The molecular formula is C4H12N4. The molecule has 1 rings (SSSR count). The third-order valence-electron chi connectivity index (χ3n) is 1.13. The minimum absolute atomic E-state index is 1.03. The van der Waals surface area contributed by atoms with E-state index in [0.29, 0.717) is 0 Å². The zero-order valence-corrected chi connectivity index (χ0v) is 5.07. The molecule has 1 aliphatic rings. The van der Waals surface area contributed by atoms with Gasteiger partial charge in [0.2, 0.25) is 0 Å². The molecule has 48 valence electrons.